The molecule has 2 aromatic rings. The SMILES string of the molecule is O=C(CSc1nccn1C1CCCCC1)Nc1cccc(Cl)c1. The van der Waals surface area contributed by atoms with Crippen molar-refractivity contribution in [3.63, 3.8) is 0 Å². The van der Waals surface area contributed by atoms with Gasteiger partial charge in [0.2, 0.25) is 5.91 Å². The van der Waals surface area contributed by atoms with Crippen molar-refractivity contribution in [1.82, 2.24) is 9.55 Å². The van der Waals surface area contributed by atoms with E-state index in [1.165, 1.54) is 43.9 Å². The van der Waals surface area contributed by atoms with Crippen LogP contribution in [-0.2, 0) is 4.79 Å². The molecule has 122 valence electrons. The number of amides is 1. The first-order chi connectivity index (χ1) is 11.2. The number of imidazole rings is 1. The first-order valence-electron chi connectivity index (χ1n) is 7.93. The number of rotatable bonds is 5. The second-order valence-electron chi connectivity index (χ2n) is 5.76. The average Bonchev–Trinajstić information content (AvgIpc) is 3.02. The highest BCUT2D eigenvalue weighted by Gasteiger charge is 2.18. The van der Waals surface area contributed by atoms with Crippen LogP contribution in [0.4, 0.5) is 5.69 Å². The summed E-state index contributed by atoms with van der Waals surface area (Å²) in [4.78, 5) is 16.5. The minimum absolute atomic E-state index is 0.0459. The van der Waals surface area contributed by atoms with E-state index in [-0.39, 0.29) is 5.91 Å². The lowest BCUT2D eigenvalue weighted by atomic mass is 9.95. The molecule has 3 rings (SSSR count). The largest absolute Gasteiger partial charge is 0.325 e. The molecule has 1 aliphatic rings. The third-order valence-corrected chi connectivity index (χ3v) is 5.26. The van der Waals surface area contributed by atoms with Crippen molar-refractivity contribution in [2.24, 2.45) is 0 Å². The van der Waals surface area contributed by atoms with Gasteiger partial charge in [0.1, 0.15) is 0 Å². The van der Waals surface area contributed by atoms with Crippen molar-refractivity contribution >= 4 is 35.0 Å². The van der Waals surface area contributed by atoms with E-state index in [0.717, 1.165) is 10.8 Å². The van der Waals surface area contributed by atoms with Gasteiger partial charge >= 0.3 is 0 Å². The second-order valence-corrected chi connectivity index (χ2v) is 7.14. The molecule has 1 aliphatic carbocycles. The standard InChI is InChI=1S/C17H20ClN3OS/c18-13-5-4-6-14(11-13)20-16(22)12-23-17-19-9-10-21(17)15-7-2-1-3-8-15/h4-6,9-11,15H,1-3,7-8,12H2,(H,20,22). The summed E-state index contributed by atoms with van der Waals surface area (Å²) in [6, 6.07) is 7.71. The molecule has 1 aromatic carbocycles. The molecular weight excluding hydrogens is 330 g/mol. The van der Waals surface area contributed by atoms with Crippen LogP contribution in [-0.4, -0.2) is 21.2 Å². The molecule has 1 saturated carbocycles. The lowest BCUT2D eigenvalue weighted by Crippen LogP contribution is -2.16. The van der Waals surface area contributed by atoms with E-state index in [2.05, 4.69) is 14.9 Å². The second kappa shape index (κ2) is 7.88. The number of thioether (sulfide) groups is 1. The van der Waals surface area contributed by atoms with Gasteiger partial charge in [-0.3, -0.25) is 4.79 Å². The first-order valence-corrected chi connectivity index (χ1v) is 9.30. The van der Waals surface area contributed by atoms with Crippen LogP contribution in [0.25, 0.3) is 0 Å². The normalized spacial score (nSPS) is 15.5. The molecule has 23 heavy (non-hydrogen) atoms. The van der Waals surface area contributed by atoms with Crippen LogP contribution < -0.4 is 5.32 Å². The molecule has 6 heteroatoms. The average molecular weight is 350 g/mol. The summed E-state index contributed by atoms with van der Waals surface area (Å²) < 4.78 is 2.23. The highest BCUT2D eigenvalue weighted by Crippen LogP contribution is 2.31. The van der Waals surface area contributed by atoms with Crippen molar-refractivity contribution < 1.29 is 4.79 Å². The van der Waals surface area contributed by atoms with Gasteiger partial charge in [-0.25, -0.2) is 4.98 Å². The van der Waals surface area contributed by atoms with E-state index in [1.807, 2.05) is 24.5 Å². The summed E-state index contributed by atoms with van der Waals surface area (Å²) in [5.41, 5.74) is 0.721. The summed E-state index contributed by atoms with van der Waals surface area (Å²) in [7, 11) is 0. The van der Waals surface area contributed by atoms with Crippen LogP contribution in [0.2, 0.25) is 5.02 Å². The third kappa shape index (κ3) is 4.52. The molecule has 1 heterocycles. The van der Waals surface area contributed by atoms with E-state index in [4.69, 9.17) is 11.6 Å². The number of aromatic nitrogens is 2. The highest BCUT2D eigenvalue weighted by atomic mass is 35.5. The van der Waals surface area contributed by atoms with Gasteiger partial charge in [-0.05, 0) is 31.0 Å². The number of hydrogen-bond acceptors (Lipinski definition) is 3. The zero-order valence-corrected chi connectivity index (χ0v) is 14.4. The zero-order chi connectivity index (χ0) is 16.1. The number of hydrogen-bond donors (Lipinski definition) is 1. The predicted molar refractivity (Wildman–Crippen MR) is 95.2 cm³/mol. The predicted octanol–water partition coefficient (Wildman–Crippen LogP) is 4.77. The fourth-order valence-corrected chi connectivity index (χ4v) is 3.96. The molecule has 1 aromatic heterocycles. The number of anilines is 1. The van der Waals surface area contributed by atoms with E-state index >= 15 is 0 Å². The quantitative estimate of drug-likeness (QED) is 0.791. The summed E-state index contributed by atoms with van der Waals surface area (Å²) in [6.45, 7) is 0. The maximum absolute atomic E-state index is 12.1. The molecule has 0 saturated heterocycles. The molecule has 0 unspecified atom stereocenters. The van der Waals surface area contributed by atoms with Crippen LogP contribution in [0.3, 0.4) is 0 Å². The Balaban J connectivity index is 1.56. The molecule has 1 N–H and O–H groups in total. The first kappa shape index (κ1) is 16.4. The maximum Gasteiger partial charge on any atom is 0.234 e. The highest BCUT2D eigenvalue weighted by molar-refractivity contribution is 7.99. The Labute approximate surface area is 145 Å². The van der Waals surface area contributed by atoms with Gasteiger partial charge in [0.15, 0.2) is 5.16 Å². The number of benzene rings is 1. The number of nitrogens with zero attached hydrogens (tertiary/aromatic N) is 2. The number of halogens is 1. The molecule has 0 spiro atoms. The van der Waals surface area contributed by atoms with Crippen LogP contribution >= 0.6 is 23.4 Å². The maximum atomic E-state index is 12.1. The van der Waals surface area contributed by atoms with Crippen molar-refractivity contribution in [3.8, 4) is 0 Å². The van der Waals surface area contributed by atoms with Crippen molar-refractivity contribution in [1.29, 1.82) is 0 Å². The van der Waals surface area contributed by atoms with Crippen molar-refractivity contribution in [2.45, 2.75) is 43.3 Å². The molecule has 0 atom stereocenters. The van der Waals surface area contributed by atoms with E-state index in [1.54, 1.807) is 12.1 Å². The molecule has 0 bridgehead atoms. The van der Waals surface area contributed by atoms with Gasteiger partial charge in [0.05, 0.1) is 5.75 Å². The van der Waals surface area contributed by atoms with E-state index in [0.29, 0.717) is 16.8 Å². The summed E-state index contributed by atoms with van der Waals surface area (Å²) in [5, 5.41) is 4.41. The lowest BCUT2D eigenvalue weighted by Gasteiger charge is -2.24. The molecule has 4 nitrogen and oxygen atoms in total. The number of carbonyl (C=O) groups excluding carboxylic acids is 1. The summed E-state index contributed by atoms with van der Waals surface area (Å²) in [5.74, 6) is 0.298. The minimum atomic E-state index is -0.0459. The number of nitrogens with one attached hydrogen (secondary N) is 1. The van der Waals surface area contributed by atoms with Crippen LogP contribution in [0.15, 0.2) is 41.8 Å². The van der Waals surface area contributed by atoms with E-state index < -0.39 is 0 Å². The Morgan fingerprint density at radius 3 is 2.96 bits per heavy atom. The van der Waals surface area contributed by atoms with Gasteiger partial charge < -0.3 is 9.88 Å². The van der Waals surface area contributed by atoms with Gasteiger partial charge in [0.25, 0.3) is 0 Å². The van der Waals surface area contributed by atoms with Crippen LogP contribution in [0.5, 0.6) is 0 Å². The Morgan fingerprint density at radius 2 is 2.17 bits per heavy atom. The Kier molecular flexibility index (Phi) is 5.62. The Morgan fingerprint density at radius 1 is 1.35 bits per heavy atom. The van der Waals surface area contributed by atoms with Crippen molar-refractivity contribution in [2.75, 3.05) is 11.1 Å². The zero-order valence-electron chi connectivity index (χ0n) is 12.9. The van der Waals surface area contributed by atoms with Crippen LogP contribution in [0, 0.1) is 0 Å². The molecule has 0 radical (unpaired) electrons. The van der Waals surface area contributed by atoms with Gasteiger partial charge in [0, 0.05) is 29.1 Å². The fourth-order valence-electron chi connectivity index (χ4n) is 2.94. The molecule has 1 fully saturated rings. The third-order valence-electron chi connectivity index (χ3n) is 4.04. The monoisotopic (exact) mass is 349 g/mol. The van der Waals surface area contributed by atoms with Gasteiger partial charge in [-0.15, -0.1) is 0 Å². The fraction of sp³-hybridized carbons (Fsp3) is 0.412. The molecular formula is C17H20ClN3OS. The summed E-state index contributed by atoms with van der Waals surface area (Å²) in [6.07, 6.45) is 10.2. The lowest BCUT2D eigenvalue weighted by molar-refractivity contribution is -0.113. The van der Waals surface area contributed by atoms with Crippen LogP contribution in [0.1, 0.15) is 38.1 Å². The molecule has 0 aliphatic heterocycles. The summed E-state index contributed by atoms with van der Waals surface area (Å²) >= 11 is 7.41. The van der Waals surface area contributed by atoms with Gasteiger partial charge in [-0.2, -0.15) is 0 Å². The van der Waals surface area contributed by atoms with Gasteiger partial charge in [-0.1, -0.05) is 48.7 Å². The minimum Gasteiger partial charge on any atom is -0.325 e. The topological polar surface area (TPSA) is 46.9 Å². The smallest absolute Gasteiger partial charge is 0.234 e. The Bertz CT molecular complexity index is 667. The Hall–Kier alpha value is -1.46. The van der Waals surface area contributed by atoms with E-state index in [9.17, 15) is 4.79 Å². The molecule has 1 amide bonds. The number of carbonyl (C=O) groups is 1. The van der Waals surface area contributed by atoms with Crippen molar-refractivity contribution in [3.05, 3.63) is 41.7 Å².